The Morgan fingerprint density at radius 3 is 2.20 bits per heavy atom. The van der Waals surface area contributed by atoms with Gasteiger partial charge in [-0.05, 0) is 41.0 Å². The van der Waals surface area contributed by atoms with Crippen molar-refractivity contribution in [1.82, 2.24) is 14.6 Å². The molecule has 2 heterocycles. The highest BCUT2D eigenvalue weighted by atomic mass is 32.2. The number of carbonyl (C=O) groups is 2. The monoisotopic (exact) mass is 626 g/mol. The van der Waals surface area contributed by atoms with Crippen molar-refractivity contribution in [3.8, 4) is 5.75 Å². The summed E-state index contributed by atoms with van der Waals surface area (Å²) in [5, 5.41) is 10.4. The highest BCUT2D eigenvalue weighted by molar-refractivity contribution is 7.91. The molecule has 2 N–H and O–H groups in total. The molecule has 5 aromatic rings. The first kappa shape index (κ1) is 29.7. The second-order valence-electron chi connectivity index (χ2n) is 10.3. The number of ether oxygens (including phenoxy) is 1. The fourth-order valence-electron chi connectivity index (χ4n) is 5.51. The summed E-state index contributed by atoms with van der Waals surface area (Å²) in [6.45, 7) is -0.102. The number of hydrogen-bond donors (Lipinski definition) is 2. The molecule has 2 amide bonds. The zero-order chi connectivity index (χ0) is 31.7. The maximum atomic E-state index is 14.3. The van der Waals surface area contributed by atoms with Crippen LogP contribution >= 0.6 is 0 Å². The van der Waals surface area contributed by atoms with Crippen LogP contribution in [0.1, 0.15) is 38.7 Å². The van der Waals surface area contributed by atoms with E-state index < -0.39 is 34.1 Å². The Balaban J connectivity index is 1.61. The number of hydrogen-bond acceptors (Lipinski definition) is 6. The van der Waals surface area contributed by atoms with Gasteiger partial charge < -0.3 is 14.7 Å². The number of fused-ring (bicyclic) bond motifs is 2. The third-order valence-corrected chi connectivity index (χ3v) is 8.88. The molecule has 0 spiro atoms. The largest absolute Gasteiger partial charge is 0.478 e. The molecule has 1 aromatic heterocycles. The van der Waals surface area contributed by atoms with Crippen LogP contribution in [0.15, 0.2) is 103 Å². The number of rotatable bonds is 9. The molecule has 0 fully saturated rings. The van der Waals surface area contributed by atoms with Gasteiger partial charge in [0.25, 0.3) is 5.91 Å². The van der Waals surface area contributed by atoms with E-state index in [-0.39, 0.29) is 50.9 Å². The number of anilines is 1. The average molecular weight is 627 g/mol. The second-order valence-corrected chi connectivity index (χ2v) is 12.0. The summed E-state index contributed by atoms with van der Waals surface area (Å²) in [5.41, 5.74) is 2.19. The molecule has 0 saturated heterocycles. The van der Waals surface area contributed by atoms with Gasteiger partial charge in [0.15, 0.2) is 5.75 Å². The molecule has 0 bridgehead atoms. The van der Waals surface area contributed by atoms with Crippen molar-refractivity contribution in [1.29, 1.82) is 0 Å². The smallest absolute Gasteiger partial charge is 0.426 e. The predicted molar refractivity (Wildman–Crippen MR) is 166 cm³/mol. The molecule has 1 aliphatic rings. The van der Waals surface area contributed by atoms with Gasteiger partial charge in [0, 0.05) is 37.3 Å². The molecule has 0 atom stereocenters. The van der Waals surface area contributed by atoms with E-state index in [0.717, 1.165) is 18.2 Å². The maximum Gasteiger partial charge on any atom is 0.426 e. The molecule has 0 radical (unpaired) electrons. The molecule has 4 aromatic carbocycles. The number of nitrogens with one attached hydrogen (secondary N) is 1. The van der Waals surface area contributed by atoms with E-state index in [1.54, 1.807) is 12.1 Å². The molecule has 10 nitrogen and oxygen atoms in total. The lowest BCUT2D eigenvalue weighted by molar-refractivity contribution is 0.0762. The Labute approximate surface area is 258 Å². The zero-order valence-electron chi connectivity index (χ0n) is 23.9. The first-order valence-electron chi connectivity index (χ1n) is 13.9. The van der Waals surface area contributed by atoms with Crippen LogP contribution in [0.5, 0.6) is 5.75 Å². The molecule has 1 aliphatic heterocycles. The molecule has 0 aliphatic carbocycles. The van der Waals surface area contributed by atoms with Gasteiger partial charge in [-0.25, -0.2) is 13.9 Å². The summed E-state index contributed by atoms with van der Waals surface area (Å²) < 4.78 is 49.0. The van der Waals surface area contributed by atoms with Crippen molar-refractivity contribution in [3.63, 3.8) is 0 Å². The Hall–Kier alpha value is -5.33. The number of pyridine rings is 1. The molecule has 6 rings (SSSR count). The van der Waals surface area contributed by atoms with Crippen molar-refractivity contribution in [2.75, 3.05) is 11.4 Å². The third-order valence-electron chi connectivity index (χ3n) is 7.54. The zero-order valence-corrected chi connectivity index (χ0v) is 24.7. The summed E-state index contributed by atoms with van der Waals surface area (Å²) >= 11 is 0. The summed E-state index contributed by atoms with van der Waals surface area (Å²) in [6, 6.07) is 27.4. The Morgan fingerprint density at radius 1 is 1.00 bits per heavy atom. The Bertz CT molecular complexity index is 1970. The van der Waals surface area contributed by atoms with Crippen LogP contribution in [0.4, 0.5) is 14.9 Å². The molecule has 228 valence electrons. The summed E-state index contributed by atoms with van der Waals surface area (Å²) in [5.74, 6) is -0.877. The van der Waals surface area contributed by atoms with Crippen molar-refractivity contribution in [2.24, 2.45) is 0 Å². The first-order valence-corrected chi connectivity index (χ1v) is 15.3. The van der Waals surface area contributed by atoms with Crippen LogP contribution < -0.4 is 13.8 Å². The van der Waals surface area contributed by atoms with Crippen LogP contribution in [0.3, 0.4) is 0 Å². The SMILES string of the molecule is CNS(=O)(=O)N(C(=O)O)c1c2c(c(OC(c3ccccc3)c3ccccc3)c3ncccc13)C(=O)N(Cc1ccc(F)cc1)C2. The van der Waals surface area contributed by atoms with Gasteiger partial charge in [0.2, 0.25) is 0 Å². The van der Waals surface area contributed by atoms with E-state index in [1.165, 1.54) is 35.4 Å². The van der Waals surface area contributed by atoms with Gasteiger partial charge in [-0.1, -0.05) is 72.8 Å². The summed E-state index contributed by atoms with van der Waals surface area (Å²) in [6.07, 6.45) is -1.02. The second kappa shape index (κ2) is 12.0. The summed E-state index contributed by atoms with van der Waals surface area (Å²) in [4.78, 5) is 32.8. The number of nitrogens with zero attached hydrogens (tertiary/aromatic N) is 3. The van der Waals surface area contributed by atoms with E-state index in [9.17, 15) is 27.5 Å². The van der Waals surface area contributed by atoms with Crippen molar-refractivity contribution in [3.05, 3.63) is 137 Å². The van der Waals surface area contributed by atoms with E-state index >= 15 is 0 Å². The predicted octanol–water partition coefficient (Wildman–Crippen LogP) is 5.65. The van der Waals surface area contributed by atoms with Crippen LogP contribution in [0.25, 0.3) is 10.9 Å². The lowest BCUT2D eigenvalue weighted by Gasteiger charge is -2.26. The van der Waals surface area contributed by atoms with Gasteiger partial charge in [-0.15, -0.1) is 0 Å². The number of halogens is 1. The highest BCUT2D eigenvalue weighted by Crippen LogP contribution is 2.47. The van der Waals surface area contributed by atoms with Crippen molar-refractivity contribution in [2.45, 2.75) is 19.2 Å². The third kappa shape index (κ3) is 5.56. The maximum absolute atomic E-state index is 14.3. The molecule has 12 heteroatoms. The van der Waals surface area contributed by atoms with E-state index in [4.69, 9.17) is 4.74 Å². The normalized spacial score (nSPS) is 12.9. The standard InChI is InChI=1S/C33H27FN4O6S/c1-35-45(42,43)38(33(40)41)29-25-13-8-18-36-28(25)31(44-30(22-9-4-2-5-10-22)23-11-6-3-7-12-23)27-26(29)20-37(32(27)39)19-21-14-16-24(34)17-15-21/h2-18,30,35H,19-20H2,1H3,(H,40,41). The lowest BCUT2D eigenvalue weighted by atomic mass is 9.99. The number of benzene rings is 4. The van der Waals surface area contributed by atoms with E-state index in [2.05, 4.69) is 9.71 Å². The quantitative estimate of drug-likeness (QED) is 0.216. The minimum Gasteiger partial charge on any atom is -0.478 e. The molecular formula is C33H27FN4O6S. The highest BCUT2D eigenvalue weighted by Gasteiger charge is 2.41. The van der Waals surface area contributed by atoms with E-state index in [1.807, 2.05) is 60.7 Å². The summed E-state index contributed by atoms with van der Waals surface area (Å²) in [7, 11) is -3.51. The number of aromatic nitrogens is 1. The fraction of sp³-hybridized carbons (Fsp3) is 0.121. The van der Waals surface area contributed by atoms with Crippen molar-refractivity contribution >= 4 is 38.8 Å². The van der Waals surface area contributed by atoms with Crippen LogP contribution in [-0.2, 0) is 23.3 Å². The number of carboxylic acid groups (broad SMARTS) is 1. The Kier molecular flexibility index (Phi) is 7.92. The van der Waals surface area contributed by atoms with Gasteiger partial charge in [0.05, 0.1) is 11.3 Å². The average Bonchev–Trinajstić information content (AvgIpc) is 3.37. The Morgan fingerprint density at radius 2 is 1.62 bits per heavy atom. The minimum absolute atomic E-state index is 0.00673. The van der Waals surface area contributed by atoms with Crippen LogP contribution in [0.2, 0.25) is 0 Å². The molecule has 45 heavy (non-hydrogen) atoms. The lowest BCUT2D eigenvalue weighted by Crippen LogP contribution is -2.43. The van der Waals surface area contributed by atoms with Gasteiger partial charge in [0.1, 0.15) is 17.4 Å². The van der Waals surface area contributed by atoms with Crippen LogP contribution in [0, 0.1) is 5.82 Å². The first-order chi connectivity index (χ1) is 21.7. The van der Waals surface area contributed by atoms with Gasteiger partial charge in [-0.2, -0.15) is 12.7 Å². The van der Waals surface area contributed by atoms with Crippen molar-refractivity contribution < 1.29 is 32.2 Å². The van der Waals surface area contributed by atoms with E-state index in [0.29, 0.717) is 5.56 Å². The molecule has 0 saturated carbocycles. The number of carbonyl (C=O) groups excluding carboxylic acids is 1. The van der Waals surface area contributed by atoms with Gasteiger partial charge >= 0.3 is 16.3 Å². The molecular weight excluding hydrogens is 599 g/mol. The number of amides is 2. The van der Waals surface area contributed by atoms with Crippen LogP contribution in [-0.4, -0.2) is 42.5 Å². The topological polar surface area (TPSA) is 129 Å². The molecule has 0 unspecified atom stereocenters. The van der Waals surface area contributed by atoms with Gasteiger partial charge in [-0.3, -0.25) is 9.78 Å². The fourth-order valence-corrected chi connectivity index (χ4v) is 6.35. The minimum atomic E-state index is -4.60.